The largest absolute Gasteiger partial charge is 0.369 e. The molecule has 0 saturated heterocycles. The maximum atomic E-state index is 11.3. The molecule has 4 rings (SSSR count). The molecule has 1 amide bonds. The van der Waals surface area contributed by atoms with Gasteiger partial charge in [0.15, 0.2) is 5.82 Å². The summed E-state index contributed by atoms with van der Waals surface area (Å²) in [5.74, 6) is 1.79. The van der Waals surface area contributed by atoms with E-state index in [4.69, 9.17) is 10.3 Å². The number of carbonyl (C=O) groups excluding carboxylic acids is 1. The molecule has 0 radical (unpaired) electrons. The van der Waals surface area contributed by atoms with Crippen LogP contribution in [0.2, 0.25) is 0 Å². The van der Waals surface area contributed by atoms with E-state index in [1.165, 1.54) is 11.1 Å². The smallest absolute Gasteiger partial charge is 0.225 e. The molecule has 0 saturated carbocycles. The molecule has 7 heteroatoms. The number of hydrogen-bond donors (Lipinski definition) is 1. The van der Waals surface area contributed by atoms with Crippen LogP contribution < -0.4 is 5.73 Å². The Kier molecular flexibility index (Phi) is 4.51. The SMILES string of the molecule is Cc1noc(C)c1CCc1nc(CC(N)=O)nn1C1Cc2ccccc2C1. The molecule has 0 aliphatic heterocycles. The summed E-state index contributed by atoms with van der Waals surface area (Å²) in [6.45, 7) is 3.87. The summed E-state index contributed by atoms with van der Waals surface area (Å²) in [5, 5.41) is 8.65. The van der Waals surface area contributed by atoms with Crippen molar-refractivity contribution < 1.29 is 9.32 Å². The van der Waals surface area contributed by atoms with Crippen LogP contribution in [0.3, 0.4) is 0 Å². The van der Waals surface area contributed by atoms with Gasteiger partial charge in [-0.15, -0.1) is 0 Å². The van der Waals surface area contributed by atoms with E-state index in [1.54, 1.807) is 0 Å². The van der Waals surface area contributed by atoms with Crippen LogP contribution in [0.25, 0.3) is 0 Å². The van der Waals surface area contributed by atoms with Crippen molar-refractivity contribution in [2.24, 2.45) is 5.73 Å². The lowest BCUT2D eigenvalue weighted by atomic mass is 10.1. The van der Waals surface area contributed by atoms with Gasteiger partial charge < -0.3 is 10.3 Å². The minimum Gasteiger partial charge on any atom is -0.369 e. The molecule has 2 aromatic heterocycles. The van der Waals surface area contributed by atoms with Gasteiger partial charge in [-0.1, -0.05) is 29.4 Å². The number of benzene rings is 1. The predicted octanol–water partition coefficient (Wildman–Crippen LogP) is 2.04. The van der Waals surface area contributed by atoms with Crippen molar-refractivity contribution in [1.82, 2.24) is 19.9 Å². The molecule has 0 spiro atoms. The number of carbonyl (C=O) groups is 1. The lowest BCUT2D eigenvalue weighted by Gasteiger charge is -2.13. The number of aryl methyl sites for hydroxylation is 3. The number of primary amides is 1. The quantitative estimate of drug-likeness (QED) is 0.720. The molecule has 0 unspecified atom stereocenters. The van der Waals surface area contributed by atoms with E-state index in [2.05, 4.69) is 39.5 Å². The van der Waals surface area contributed by atoms with Gasteiger partial charge in [0.1, 0.15) is 11.6 Å². The highest BCUT2D eigenvalue weighted by atomic mass is 16.5. The highest BCUT2D eigenvalue weighted by Crippen LogP contribution is 2.30. The topological polar surface area (TPSA) is 99.8 Å². The number of amides is 1. The van der Waals surface area contributed by atoms with Gasteiger partial charge in [-0.05, 0) is 44.2 Å². The maximum absolute atomic E-state index is 11.3. The molecule has 0 fully saturated rings. The van der Waals surface area contributed by atoms with Crippen LogP contribution in [-0.4, -0.2) is 25.8 Å². The first-order valence-corrected chi connectivity index (χ1v) is 9.22. The summed E-state index contributed by atoms with van der Waals surface area (Å²) < 4.78 is 7.26. The number of hydrogen-bond acceptors (Lipinski definition) is 5. The highest BCUT2D eigenvalue weighted by Gasteiger charge is 2.26. The first-order chi connectivity index (χ1) is 13.0. The fourth-order valence-electron chi connectivity index (χ4n) is 3.90. The molecule has 27 heavy (non-hydrogen) atoms. The molecule has 2 N–H and O–H groups in total. The third-order valence-corrected chi connectivity index (χ3v) is 5.23. The Bertz CT molecular complexity index is 944. The van der Waals surface area contributed by atoms with Crippen LogP contribution in [0.15, 0.2) is 28.8 Å². The van der Waals surface area contributed by atoms with Crippen molar-refractivity contribution in [2.75, 3.05) is 0 Å². The highest BCUT2D eigenvalue weighted by molar-refractivity contribution is 5.75. The molecule has 7 nitrogen and oxygen atoms in total. The number of fused-ring (bicyclic) bond motifs is 1. The van der Waals surface area contributed by atoms with Gasteiger partial charge in [-0.25, -0.2) is 9.67 Å². The summed E-state index contributed by atoms with van der Waals surface area (Å²) in [4.78, 5) is 16.0. The molecule has 0 atom stereocenters. The zero-order chi connectivity index (χ0) is 19.0. The molecule has 140 valence electrons. The molecule has 0 bridgehead atoms. The Labute approximate surface area is 157 Å². The van der Waals surface area contributed by atoms with E-state index >= 15 is 0 Å². The zero-order valence-electron chi connectivity index (χ0n) is 15.6. The second-order valence-corrected chi connectivity index (χ2v) is 7.17. The van der Waals surface area contributed by atoms with Crippen molar-refractivity contribution >= 4 is 5.91 Å². The van der Waals surface area contributed by atoms with Crippen LogP contribution in [0.5, 0.6) is 0 Å². The fourth-order valence-corrected chi connectivity index (χ4v) is 3.90. The van der Waals surface area contributed by atoms with Gasteiger partial charge in [0, 0.05) is 12.0 Å². The monoisotopic (exact) mass is 365 g/mol. The minimum absolute atomic E-state index is 0.0605. The molecule has 3 aromatic rings. The molecular weight excluding hydrogens is 342 g/mol. The molecular formula is C20H23N5O2. The van der Waals surface area contributed by atoms with Crippen molar-refractivity contribution in [3.8, 4) is 0 Å². The first kappa shape index (κ1) is 17.5. The Hall–Kier alpha value is -2.96. The summed E-state index contributed by atoms with van der Waals surface area (Å²) in [6, 6.07) is 8.69. The lowest BCUT2D eigenvalue weighted by Crippen LogP contribution is -2.16. The average Bonchev–Trinajstić information content (AvgIpc) is 3.30. The summed E-state index contributed by atoms with van der Waals surface area (Å²) in [6.07, 6.45) is 3.39. The summed E-state index contributed by atoms with van der Waals surface area (Å²) >= 11 is 0. The Morgan fingerprint density at radius 2 is 1.93 bits per heavy atom. The Morgan fingerprint density at radius 3 is 2.52 bits per heavy atom. The average molecular weight is 365 g/mol. The summed E-state index contributed by atoms with van der Waals surface area (Å²) in [7, 11) is 0. The second-order valence-electron chi connectivity index (χ2n) is 7.17. The van der Waals surface area contributed by atoms with Crippen molar-refractivity contribution in [3.63, 3.8) is 0 Å². The van der Waals surface area contributed by atoms with Crippen molar-refractivity contribution in [2.45, 2.75) is 52.0 Å². The van der Waals surface area contributed by atoms with Crippen molar-refractivity contribution in [3.05, 3.63) is 64.1 Å². The molecule has 1 aromatic carbocycles. The maximum Gasteiger partial charge on any atom is 0.225 e. The third-order valence-electron chi connectivity index (χ3n) is 5.23. The normalized spacial score (nSPS) is 13.9. The number of aromatic nitrogens is 4. The third kappa shape index (κ3) is 3.49. The van der Waals surface area contributed by atoms with Gasteiger partial charge in [0.05, 0.1) is 18.2 Å². The van der Waals surface area contributed by atoms with E-state index in [1.807, 2.05) is 18.5 Å². The van der Waals surface area contributed by atoms with Crippen LogP contribution in [0.4, 0.5) is 0 Å². The van der Waals surface area contributed by atoms with E-state index < -0.39 is 5.91 Å². The Balaban J connectivity index is 1.60. The van der Waals surface area contributed by atoms with E-state index in [-0.39, 0.29) is 12.5 Å². The lowest BCUT2D eigenvalue weighted by molar-refractivity contribution is -0.117. The van der Waals surface area contributed by atoms with Crippen LogP contribution in [0, 0.1) is 13.8 Å². The Morgan fingerprint density at radius 1 is 1.22 bits per heavy atom. The zero-order valence-corrected chi connectivity index (χ0v) is 15.6. The molecule has 2 heterocycles. The van der Waals surface area contributed by atoms with Gasteiger partial charge in [-0.3, -0.25) is 4.79 Å². The van der Waals surface area contributed by atoms with Crippen LogP contribution >= 0.6 is 0 Å². The number of rotatable bonds is 6. The molecule has 1 aliphatic rings. The standard InChI is InChI=1S/C20H23N5O2/c1-12-17(13(2)27-24-12)7-8-20-22-19(11-18(21)26)23-25(20)16-9-14-5-3-4-6-15(14)10-16/h3-6,16H,7-11H2,1-2H3,(H2,21,26). The van der Waals surface area contributed by atoms with Crippen molar-refractivity contribution in [1.29, 1.82) is 0 Å². The summed E-state index contributed by atoms with van der Waals surface area (Å²) in [5.41, 5.74) is 10.1. The minimum atomic E-state index is -0.417. The van der Waals surface area contributed by atoms with E-state index in [0.29, 0.717) is 12.2 Å². The number of nitrogens with two attached hydrogens (primary N) is 1. The predicted molar refractivity (Wildman–Crippen MR) is 99.2 cm³/mol. The van der Waals surface area contributed by atoms with E-state index in [9.17, 15) is 4.79 Å². The van der Waals surface area contributed by atoms with Gasteiger partial charge in [0.25, 0.3) is 0 Å². The van der Waals surface area contributed by atoms with Gasteiger partial charge in [-0.2, -0.15) is 5.10 Å². The van der Waals surface area contributed by atoms with Gasteiger partial charge in [0.2, 0.25) is 5.91 Å². The molecule has 1 aliphatic carbocycles. The van der Waals surface area contributed by atoms with E-state index in [0.717, 1.165) is 42.1 Å². The van der Waals surface area contributed by atoms with Crippen LogP contribution in [-0.2, 0) is 36.9 Å². The number of nitrogens with zero attached hydrogens (tertiary/aromatic N) is 4. The van der Waals surface area contributed by atoms with Gasteiger partial charge >= 0.3 is 0 Å². The second kappa shape index (κ2) is 6.98. The fraction of sp³-hybridized carbons (Fsp3) is 0.400. The first-order valence-electron chi connectivity index (χ1n) is 9.22. The van der Waals surface area contributed by atoms with Crippen LogP contribution in [0.1, 0.15) is 45.8 Å².